The maximum Gasteiger partial charge on any atom is 0.433 e. The first kappa shape index (κ1) is 13.3. The van der Waals surface area contributed by atoms with Crippen molar-refractivity contribution in [2.75, 3.05) is 19.6 Å². The van der Waals surface area contributed by atoms with Gasteiger partial charge in [0, 0.05) is 38.4 Å². The predicted molar refractivity (Wildman–Crippen MR) is 62.0 cm³/mol. The summed E-state index contributed by atoms with van der Waals surface area (Å²) < 4.78 is 37.1. The zero-order valence-corrected chi connectivity index (χ0v) is 10.2. The van der Waals surface area contributed by atoms with E-state index in [0.29, 0.717) is 12.6 Å². The molecule has 0 amide bonds. The molecule has 1 atom stereocenters. The van der Waals surface area contributed by atoms with Crippen molar-refractivity contribution >= 4 is 0 Å². The Morgan fingerprint density at radius 2 is 2.22 bits per heavy atom. The van der Waals surface area contributed by atoms with Gasteiger partial charge in [-0.2, -0.15) is 13.2 Å². The predicted octanol–water partition coefficient (Wildman–Crippen LogP) is 1.89. The SMILES string of the molecule is C[C@H]1CNCCN1Cc1ccc(C(F)(F)F)nc1. The number of aromatic nitrogens is 1. The molecule has 1 aromatic rings. The molecule has 0 saturated carbocycles. The van der Waals surface area contributed by atoms with Crippen molar-refractivity contribution in [3.05, 3.63) is 29.6 Å². The Morgan fingerprint density at radius 3 is 2.78 bits per heavy atom. The average Bonchev–Trinajstić information content (AvgIpc) is 2.32. The van der Waals surface area contributed by atoms with Crippen molar-refractivity contribution in [3.63, 3.8) is 0 Å². The number of pyridine rings is 1. The number of rotatable bonds is 2. The third kappa shape index (κ3) is 3.20. The molecule has 1 aliphatic heterocycles. The highest BCUT2D eigenvalue weighted by Crippen LogP contribution is 2.27. The van der Waals surface area contributed by atoms with Gasteiger partial charge in [0.1, 0.15) is 5.69 Å². The lowest BCUT2D eigenvalue weighted by atomic mass is 10.1. The van der Waals surface area contributed by atoms with Gasteiger partial charge in [-0.15, -0.1) is 0 Å². The summed E-state index contributed by atoms with van der Waals surface area (Å²) in [5.41, 5.74) is -0.0173. The fraction of sp³-hybridized carbons (Fsp3) is 0.583. The topological polar surface area (TPSA) is 28.2 Å². The summed E-state index contributed by atoms with van der Waals surface area (Å²) in [6.45, 7) is 5.48. The first-order chi connectivity index (χ1) is 8.47. The minimum atomic E-state index is -4.36. The van der Waals surface area contributed by atoms with Crippen molar-refractivity contribution in [1.82, 2.24) is 15.2 Å². The molecular weight excluding hydrogens is 243 g/mol. The number of piperazine rings is 1. The molecule has 2 rings (SSSR count). The molecule has 0 radical (unpaired) electrons. The summed E-state index contributed by atoms with van der Waals surface area (Å²) in [5.74, 6) is 0. The third-order valence-electron chi connectivity index (χ3n) is 3.14. The van der Waals surface area contributed by atoms with E-state index >= 15 is 0 Å². The molecule has 0 aliphatic carbocycles. The van der Waals surface area contributed by atoms with E-state index in [0.717, 1.165) is 31.3 Å². The van der Waals surface area contributed by atoms with E-state index in [1.54, 1.807) is 0 Å². The highest BCUT2D eigenvalue weighted by atomic mass is 19.4. The van der Waals surface area contributed by atoms with Crippen LogP contribution in [-0.2, 0) is 12.7 Å². The lowest BCUT2D eigenvalue weighted by Crippen LogP contribution is -2.49. The zero-order valence-electron chi connectivity index (χ0n) is 10.2. The molecule has 100 valence electrons. The van der Waals surface area contributed by atoms with E-state index in [-0.39, 0.29) is 0 Å². The third-order valence-corrected chi connectivity index (χ3v) is 3.14. The minimum absolute atomic E-state index is 0.390. The van der Waals surface area contributed by atoms with Gasteiger partial charge in [-0.1, -0.05) is 6.07 Å². The summed E-state index contributed by atoms with van der Waals surface area (Å²) in [5, 5.41) is 3.27. The highest BCUT2D eigenvalue weighted by Gasteiger charge is 2.32. The van der Waals surface area contributed by atoms with E-state index in [4.69, 9.17) is 0 Å². The molecular formula is C12H16F3N3. The van der Waals surface area contributed by atoms with Crippen LogP contribution in [0.4, 0.5) is 13.2 Å². The van der Waals surface area contributed by atoms with Crippen LogP contribution in [0.15, 0.2) is 18.3 Å². The van der Waals surface area contributed by atoms with Gasteiger partial charge in [0.15, 0.2) is 0 Å². The van der Waals surface area contributed by atoms with Gasteiger partial charge in [-0.05, 0) is 18.6 Å². The van der Waals surface area contributed by atoms with E-state index in [1.165, 1.54) is 12.3 Å². The van der Waals surface area contributed by atoms with Crippen LogP contribution in [0.2, 0.25) is 0 Å². The number of alkyl halides is 3. The van der Waals surface area contributed by atoms with Gasteiger partial charge in [0.05, 0.1) is 0 Å². The Labute approximate surface area is 104 Å². The largest absolute Gasteiger partial charge is 0.433 e. The Kier molecular flexibility index (Phi) is 3.87. The highest BCUT2D eigenvalue weighted by molar-refractivity contribution is 5.16. The molecule has 3 nitrogen and oxygen atoms in total. The van der Waals surface area contributed by atoms with Gasteiger partial charge >= 0.3 is 6.18 Å². The van der Waals surface area contributed by atoms with Gasteiger partial charge in [-0.25, -0.2) is 0 Å². The van der Waals surface area contributed by atoms with Crippen LogP contribution in [0.5, 0.6) is 0 Å². The molecule has 1 aliphatic rings. The number of nitrogens with zero attached hydrogens (tertiary/aromatic N) is 2. The summed E-state index contributed by atoms with van der Waals surface area (Å²) in [4.78, 5) is 5.71. The van der Waals surface area contributed by atoms with Crippen molar-refractivity contribution in [3.8, 4) is 0 Å². The molecule has 1 N–H and O–H groups in total. The van der Waals surface area contributed by atoms with Crippen LogP contribution >= 0.6 is 0 Å². The molecule has 0 unspecified atom stereocenters. The van der Waals surface area contributed by atoms with Gasteiger partial charge < -0.3 is 5.32 Å². The number of nitrogens with one attached hydrogen (secondary N) is 1. The average molecular weight is 259 g/mol. The van der Waals surface area contributed by atoms with Crippen LogP contribution in [0, 0.1) is 0 Å². The molecule has 2 heterocycles. The monoisotopic (exact) mass is 259 g/mol. The molecule has 1 aromatic heterocycles. The second kappa shape index (κ2) is 5.24. The molecule has 1 fully saturated rings. The van der Waals surface area contributed by atoms with E-state index in [2.05, 4.69) is 22.1 Å². The molecule has 18 heavy (non-hydrogen) atoms. The van der Waals surface area contributed by atoms with Gasteiger partial charge in [-0.3, -0.25) is 9.88 Å². The Hall–Kier alpha value is -1.14. The molecule has 6 heteroatoms. The van der Waals surface area contributed by atoms with Crippen LogP contribution in [0.1, 0.15) is 18.2 Å². The fourth-order valence-electron chi connectivity index (χ4n) is 2.04. The molecule has 0 aromatic carbocycles. The molecule has 1 saturated heterocycles. The summed E-state index contributed by atoms with van der Waals surface area (Å²) in [6.07, 6.45) is -3.04. The van der Waals surface area contributed by atoms with Crippen LogP contribution < -0.4 is 5.32 Å². The van der Waals surface area contributed by atoms with Gasteiger partial charge in [0.25, 0.3) is 0 Å². The van der Waals surface area contributed by atoms with E-state index in [9.17, 15) is 13.2 Å². The van der Waals surface area contributed by atoms with Crippen molar-refractivity contribution in [1.29, 1.82) is 0 Å². The lowest BCUT2D eigenvalue weighted by molar-refractivity contribution is -0.141. The van der Waals surface area contributed by atoms with Crippen LogP contribution in [0.25, 0.3) is 0 Å². The second-order valence-corrected chi connectivity index (χ2v) is 4.57. The summed E-state index contributed by atoms with van der Waals surface area (Å²) in [6, 6.07) is 2.94. The maximum absolute atomic E-state index is 12.4. The smallest absolute Gasteiger partial charge is 0.314 e. The normalized spacial score (nSPS) is 22.1. The van der Waals surface area contributed by atoms with Crippen LogP contribution in [-0.4, -0.2) is 35.6 Å². The maximum atomic E-state index is 12.4. The minimum Gasteiger partial charge on any atom is -0.314 e. The quantitative estimate of drug-likeness (QED) is 0.879. The van der Waals surface area contributed by atoms with Crippen molar-refractivity contribution in [2.45, 2.75) is 25.7 Å². The second-order valence-electron chi connectivity index (χ2n) is 4.57. The van der Waals surface area contributed by atoms with Crippen molar-refractivity contribution in [2.24, 2.45) is 0 Å². The van der Waals surface area contributed by atoms with E-state index < -0.39 is 11.9 Å². The Balaban J connectivity index is 2.02. The first-order valence-electron chi connectivity index (χ1n) is 5.94. The fourth-order valence-corrected chi connectivity index (χ4v) is 2.04. The molecule has 0 bridgehead atoms. The van der Waals surface area contributed by atoms with E-state index in [1.807, 2.05) is 0 Å². The van der Waals surface area contributed by atoms with Crippen molar-refractivity contribution < 1.29 is 13.2 Å². The molecule has 0 spiro atoms. The number of hydrogen-bond acceptors (Lipinski definition) is 3. The number of halogens is 3. The lowest BCUT2D eigenvalue weighted by Gasteiger charge is -2.33. The standard InChI is InChI=1S/C12H16F3N3/c1-9-6-16-4-5-18(9)8-10-2-3-11(17-7-10)12(13,14)15/h2-3,7,9,16H,4-6,8H2,1H3/t9-/m0/s1. The number of hydrogen-bond donors (Lipinski definition) is 1. The van der Waals surface area contributed by atoms with Crippen LogP contribution in [0.3, 0.4) is 0 Å². The summed E-state index contributed by atoms with van der Waals surface area (Å²) in [7, 11) is 0. The summed E-state index contributed by atoms with van der Waals surface area (Å²) >= 11 is 0. The Bertz CT molecular complexity index is 389. The van der Waals surface area contributed by atoms with Gasteiger partial charge in [0.2, 0.25) is 0 Å². The first-order valence-corrected chi connectivity index (χ1v) is 5.94. The Morgan fingerprint density at radius 1 is 1.44 bits per heavy atom. The zero-order chi connectivity index (χ0) is 13.2.